The van der Waals surface area contributed by atoms with Crippen LogP contribution in [0.2, 0.25) is 0 Å². The van der Waals surface area contributed by atoms with Crippen LogP contribution in [0.25, 0.3) is 0 Å². The Morgan fingerprint density at radius 3 is 0.923 bits per heavy atom. The van der Waals surface area contributed by atoms with Crippen LogP contribution in [0, 0.1) is 0 Å². The summed E-state index contributed by atoms with van der Waals surface area (Å²) in [5, 5.41) is 54.6. The smallest absolute Gasteiger partial charge is 0.235 e. The lowest BCUT2D eigenvalue weighted by molar-refractivity contribution is 0.162. The van der Waals surface area contributed by atoms with Gasteiger partial charge in [-0.05, 0) is 13.8 Å². The first-order valence-electron chi connectivity index (χ1n) is 7.80. The van der Waals surface area contributed by atoms with Crippen LogP contribution >= 0.6 is 0 Å². The number of hydrogen-bond acceptors (Lipinski definition) is 13. The van der Waals surface area contributed by atoms with Crippen molar-refractivity contribution in [3.63, 3.8) is 0 Å². The van der Waals surface area contributed by atoms with Gasteiger partial charge in [-0.1, -0.05) is 0 Å². The number of aliphatic hydroxyl groups excluding tert-OH is 6. The minimum atomic E-state index is -0.601. The second kappa shape index (κ2) is 14.3. The summed E-state index contributed by atoms with van der Waals surface area (Å²) in [4.78, 5) is 14.5. The SMILES string of the molecule is CCOCC.OCN(CO)c1nc(N(CO)CO)nc(N(CO)CO)n1. The van der Waals surface area contributed by atoms with Gasteiger partial charge in [0.05, 0.1) is 0 Å². The minimum Gasteiger partial charge on any atom is -0.382 e. The number of rotatable bonds is 11. The molecule has 1 heterocycles. The van der Waals surface area contributed by atoms with E-state index < -0.39 is 40.4 Å². The maximum absolute atomic E-state index is 9.11. The molecule has 13 nitrogen and oxygen atoms in total. The molecule has 0 aliphatic heterocycles. The predicted octanol–water partition coefficient (Wildman–Crippen LogP) is -2.97. The van der Waals surface area contributed by atoms with Gasteiger partial charge < -0.3 is 35.4 Å². The van der Waals surface area contributed by atoms with Crippen LogP contribution in [0.5, 0.6) is 0 Å². The Labute approximate surface area is 151 Å². The Balaban J connectivity index is 0.00000110. The second-order valence-electron chi connectivity index (χ2n) is 4.48. The number of nitrogens with zero attached hydrogens (tertiary/aromatic N) is 6. The minimum absolute atomic E-state index is 0.168. The zero-order chi connectivity index (χ0) is 19.9. The molecule has 0 spiro atoms. The van der Waals surface area contributed by atoms with Crippen molar-refractivity contribution in [2.45, 2.75) is 13.8 Å². The molecule has 0 atom stereocenters. The molecular weight excluding hydrogens is 352 g/mol. The van der Waals surface area contributed by atoms with E-state index >= 15 is 0 Å². The van der Waals surface area contributed by atoms with E-state index in [1.807, 2.05) is 13.8 Å². The summed E-state index contributed by atoms with van der Waals surface area (Å²) in [6, 6.07) is 0. The van der Waals surface area contributed by atoms with Gasteiger partial charge in [0.1, 0.15) is 40.4 Å². The fourth-order valence-electron chi connectivity index (χ4n) is 1.49. The Morgan fingerprint density at radius 1 is 0.577 bits per heavy atom. The highest BCUT2D eigenvalue weighted by Crippen LogP contribution is 2.18. The number of ether oxygens (including phenoxy) is 1. The molecule has 1 aromatic rings. The highest BCUT2D eigenvalue weighted by Gasteiger charge is 2.18. The van der Waals surface area contributed by atoms with E-state index in [-0.39, 0.29) is 17.8 Å². The molecule has 0 aromatic carbocycles. The summed E-state index contributed by atoms with van der Waals surface area (Å²) < 4.78 is 4.83. The molecule has 0 radical (unpaired) electrons. The van der Waals surface area contributed by atoms with Crippen molar-refractivity contribution >= 4 is 17.8 Å². The average Bonchev–Trinajstić information content (AvgIpc) is 2.66. The summed E-state index contributed by atoms with van der Waals surface area (Å²) in [6.07, 6.45) is 0. The number of hydrogen-bond donors (Lipinski definition) is 6. The molecule has 1 aromatic heterocycles. The van der Waals surface area contributed by atoms with Crippen LogP contribution in [0.3, 0.4) is 0 Å². The third-order valence-electron chi connectivity index (χ3n) is 2.88. The molecule has 13 heteroatoms. The zero-order valence-electron chi connectivity index (χ0n) is 14.9. The van der Waals surface area contributed by atoms with Gasteiger partial charge in [-0.2, -0.15) is 15.0 Å². The summed E-state index contributed by atoms with van der Waals surface area (Å²) in [5.74, 6) is -0.503. The average molecular weight is 380 g/mol. The first kappa shape index (κ1) is 24.1. The van der Waals surface area contributed by atoms with E-state index in [9.17, 15) is 0 Å². The van der Waals surface area contributed by atoms with Crippen LogP contribution in [0.1, 0.15) is 13.8 Å². The number of aliphatic hydroxyl groups is 6. The monoisotopic (exact) mass is 380 g/mol. The maximum Gasteiger partial charge on any atom is 0.235 e. The number of anilines is 3. The lowest BCUT2D eigenvalue weighted by atomic mass is 10.6. The highest BCUT2D eigenvalue weighted by atomic mass is 16.5. The van der Waals surface area contributed by atoms with Crippen LogP contribution in [-0.4, -0.2) is 99.2 Å². The van der Waals surface area contributed by atoms with Crippen LogP contribution in [0.4, 0.5) is 17.8 Å². The molecule has 0 aliphatic rings. The Kier molecular flexibility index (Phi) is 13.3. The normalized spacial score (nSPS) is 10.2. The van der Waals surface area contributed by atoms with E-state index in [1.165, 1.54) is 0 Å². The first-order chi connectivity index (χ1) is 12.6. The molecule has 0 unspecified atom stereocenters. The van der Waals surface area contributed by atoms with Crippen LogP contribution in [-0.2, 0) is 4.74 Å². The first-order valence-corrected chi connectivity index (χ1v) is 7.80. The summed E-state index contributed by atoms with van der Waals surface area (Å²) in [5.41, 5.74) is 0. The highest BCUT2D eigenvalue weighted by molar-refractivity contribution is 5.45. The molecule has 0 fully saturated rings. The molecule has 6 N–H and O–H groups in total. The van der Waals surface area contributed by atoms with Gasteiger partial charge in [-0.15, -0.1) is 0 Å². The number of aromatic nitrogens is 3. The third-order valence-corrected chi connectivity index (χ3v) is 2.88. The fraction of sp³-hybridized carbons (Fsp3) is 0.769. The predicted molar refractivity (Wildman–Crippen MR) is 91.9 cm³/mol. The molecule has 1 rings (SSSR count). The summed E-state index contributed by atoms with van der Waals surface area (Å²) in [6.45, 7) is 2.06. The van der Waals surface area contributed by atoms with Crippen LogP contribution < -0.4 is 14.7 Å². The Morgan fingerprint density at radius 2 is 0.808 bits per heavy atom. The van der Waals surface area contributed by atoms with E-state index in [0.29, 0.717) is 0 Å². The lowest BCUT2D eigenvalue weighted by Gasteiger charge is -2.24. The van der Waals surface area contributed by atoms with Crippen molar-refractivity contribution in [3.8, 4) is 0 Å². The maximum atomic E-state index is 9.11. The van der Waals surface area contributed by atoms with Gasteiger partial charge >= 0.3 is 0 Å². The van der Waals surface area contributed by atoms with Gasteiger partial charge in [0, 0.05) is 13.2 Å². The largest absolute Gasteiger partial charge is 0.382 e. The van der Waals surface area contributed by atoms with Crippen LogP contribution in [0.15, 0.2) is 0 Å². The van der Waals surface area contributed by atoms with E-state index in [2.05, 4.69) is 15.0 Å². The van der Waals surface area contributed by atoms with E-state index in [1.54, 1.807) is 0 Å². The van der Waals surface area contributed by atoms with Gasteiger partial charge in [-0.3, -0.25) is 14.7 Å². The third kappa shape index (κ3) is 7.57. The van der Waals surface area contributed by atoms with Crippen molar-refractivity contribution in [2.24, 2.45) is 0 Å². The molecular formula is C13H28N6O7. The molecule has 0 aliphatic carbocycles. The Bertz CT molecular complexity index is 396. The van der Waals surface area contributed by atoms with Crippen molar-refractivity contribution in [1.29, 1.82) is 0 Å². The van der Waals surface area contributed by atoms with Gasteiger partial charge in [0.2, 0.25) is 17.8 Å². The molecule has 0 saturated carbocycles. The van der Waals surface area contributed by atoms with Crippen molar-refractivity contribution in [1.82, 2.24) is 15.0 Å². The van der Waals surface area contributed by atoms with Gasteiger partial charge in [-0.25, -0.2) is 0 Å². The quantitative estimate of drug-likeness (QED) is 0.214. The zero-order valence-corrected chi connectivity index (χ0v) is 14.9. The molecule has 0 bridgehead atoms. The second-order valence-corrected chi connectivity index (χ2v) is 4.48. The van der Waals surface area contributed by atoms with E-state index in [0.717, 1.165) is 27.9 Å². The lowest BCUT2D eigenvalue weighted by Crippen LogP contribution is -2.34. The summed E-state index contributed by atoms with van der Waals surface area (Å²) in [7, 11) is 0. The fourth-order valence-corrected chi connectivity index (χ4v) is 1.49. The van der Waals surface area contributed by atoms with Crippen molar-refractivity contribution < 1.29 is 35.4 Å². The van der Waals surface area contributed by atoms with E-state index in [4.69, 9.17) is 35.4 Å². The topological polar surface area (TPSA) is 179 Å². The van der Waals surface area contributed by atoms with Crippen molar-refractivity contribution in [3.05, 3.63) is 0 Å². The van der Waals surface area contributed by atoms with Crippen molar-refractivity contribution in [2.75, 3.05) is 68.3 Å². The van der Waals surface area contributed by atoms with Gasteiger partial charge in [0.25, 0.3) is 0 Å². The molecule has 0 amide bonds. The Hall–Kier alpha value is -1.87. The molecule has 152 valence electrons. The standard InChI is InChI=1S/C9H18N6O6.C4H10O/c16-1-13(2-17)7-10-8(14(3-18)4-19)12-9(11-7)15(5-20)6-21;1-3-5-4-2/h16-21H,1-6H2;3-4H2,1-2H3. The van der Waals surface area contributed by atoms with Gasteiger partial charge in [0.15, 0.2) is 0 Å². The molecule has 26 heavy (non-hydrogen) atoms. The molecule has 0 saturated heterocycles. The summed E-state index contributed by atoms with van der Waals surface area (Å²) >= 11 is 0.